The van der Waals surface area contributed by atoms with Crippen LogP contribution >= 0.6 is 0 Å². The molecule has 0 spiro atoms. The minimum Gasteiger partial charge on any atom is -0.355 e. The van der Waals surface area contributed by atoms with Gasteiger partial charge in [-0.2, -0.15) is 0 Å². The molecule has 2 bridgehead atoms. The molecule has 7 nitrogen and oxygen atoms in total. The zero-order valence-corrected chi connectivity index (χ0v) is 17.5. The molecule has 3 amide bonds. The van der Waals surface area contributed by atoms with Crippen LogP contribution in [0.1, 0.15) is 63.4 Å². The third-order valence-corrected chi connectivity index (χ3v) is 6.79. The van der Waals surface area contributed by atoms with Gasteiger partial charge in [0.05, 0.1) is 5.92 Å². The zero-order valence-electron chi connectivity index (χ0n) is 17.5. The van der Waals surface area contributed by atoms with Gasteiger partial charge in [0.1, 0.15) is 0 Å². The maximum absolute atomic E-state index is 13.0. The first kappa shape index (κ1) is 20.8. The van der Waals surface area contributed by atoms with Gasteiger partial charge in [0.15, 0.2) is 0 Å². The van der Waals surface area contributed by atoms with E-state index in [4.69, 9.17) is 0 Å². The number of aromatic nitrogens is 1. The summed E-state index contributed by atoms with van der Waals surface area (Å²) < 4.78 is 0. The predicted molar refractivity (Wildman–Crippen MR) is 112 cm³/mol. The second-order valence-corrected chi connectivity index (χ2v) is 8.99. The van der Waals surface area contributed by atoms with Gasteiger partial charge in [-0.15, -0.1) is 0 Å². The smallest absolute Gasteiger partial charge is 0.225 e. The summed E-state index contributed by atoms with van der Waals surface area (Å²) in [6.07, 6.45) is 12.3. The minimum atomic E-state index is -0.253. The van der Waals surface area contributed by atoms with Crippen molar-refractivity contribution in [2.75, 3.05) is 6.54 Å². The highest BCUT2D eigenvalue weighted by molar-refractivity contribution is 5.89. The third-order valence-electron chi connectivity index (χ3n) is 6.79. The van der Waals surface area contributed by atoms with Crippen LogP contribution in [-0.2, 0) is 20.8 Å². The van der Waals surface area contributed by atoms with E-state index in [0.717, 1.165) is 51.4 Å². The van der Waals surface area contributed by atoms with Gasteiger partial charge >= 0.3 is 0 Å². The zero-order chi connectivity index (χ0) is 20.9. The second kappa shape index (κ2) is 9.58. The van der Waals surface area contributed by atoms with Crippen LogP contribution < -0.4 is 10.6 Å². The Hall–Kier alpha value is -2.44. The molecule has 0 radical (unpaired) electrons. The fourth-order valence-corrected chi connectivity index (χ4v) is 5.30. The number of hydrogen-bond acceptors (Lipinski definition) is 4. The summed E-state index contributed by atoms with van der Waals surface area (Å²) in [5.74, 6) is -0.0503. The highest BCUT2D eigenvalue weighted by Crippen LogP contribution is 2.35. The number of carbonyl (C=O) groups excluding carboxylic acids is 3. The number of rotatable bonds is 7. The van der Waals surface area contributed by atoms with Crippen LogP contribution in [0.2, 0.25) is 0 Å². The number of amides is 3. The number of pyridine rings is 1. The van der Waals surface area contributed by atoms with E-state index in [1.807, 2.05) is 12.3 Å². The number of carbonyl (C=O) groups is 3. The van der Waals surface area contributed by atoms with Gasteiger partial charge in [-0.25, -0.2) is 0 Å². The first-order valence-electron chi connectivity index (χ1n) is 11.4. The molecule has 30 heavy (non-hydrogen) atoms. The van der Waals surface area contributed by atoms with Crippen molar-refractivity contribution in [3.63, 3.8) is 0 Å². The monoisotopic (exact) mass is 412 g/mol. The van der Waals surface area contributed by atoms with E-state index in [1.54, 1.807) is 6.20 Å². The van der Waals surface area contributed by atoms with Gasteiger partial charge < -0.3 is 15.5 Å². The van der Waals surface area contributed by atoms with E-state index in [-0.39, 0.29) is 48.2 Å². The molecule has 4 atom stereocenters. The number of piperidine rings is 2. The van der Waals surface area contributed by atoms with Crippen LogP contribution in [0.5, 0.6) is 0 Å². The van der Waals surface area contributed by atoms with Crippen molar-refractivity contribution in [3.8, 4) is 0 Å². The molecule has 0 aromatic carbocycles. The van der Waals surface area contributed by atoms with Gasteiger partial charge in [-0.3, -0.25) is 19.4 Å². The summed E-state index contributed by atoms with van der Waals surface area (Å²) >= 11 is 0. The topological polar surface area (TPSA) is 91.4 Å². The fourth-order valence-electron chi connectivity index (χ4n) is 5.30. The lowest BCUT2D eigenvalue weighted by molar-refractivity contribution is -0.142. The van der Waals surface area contributed by atoms with Crippen molar-refractivity contribution in [1.82, 2.24) is 20.5 Å². The lowest BCUT2D eigenvalue weighted by Crippen LogP contribution is -2.59. The van der Waals surface area contributed by atoms with Crippen molar-refractivity contribution >= 4 is 17.7 Å². The number of hydrogen-bond donors (Lipinski definition) is 2. The maximum atomic E-state index is 13.0. The number of nitrogens with one attached hydrogen (secondary N) is 2. The van der Waals surface area contributed by atoms with Gasteiger partial charge in [0.25, 0.3) is 0 Å². The summed E-state index contributed by atoms with van der Waals surface area (Å²) in [5.41, 5.74) is 1.22. The summed E-state index contributed by atoms with van der Waals surface area (Å²) in [7, 11) is 0. The maximum Gasteiger partial charge on any atom is 0.225 e. The quantitative estimate of drug-likeness (QED) is 0.670. The molecule has 2 unspecified atom stereocenters. The van der Waals surface area contributed by atoms with Gasteiger partial charge in [-0.1, -0.05) is 6.07 Å². The van der Waals surface area contributed by atoms with Crippen molar-refractivity contribution in [1.29, 1.82) is 0 Å². The second-order valence-electron chi connectivity index (χ2n) is 8.99. The number of nitrogens with zero attached hydrogens (tertiary/aromatic N) is 2. The van der Waals surface area contributed by atoms with Crippen LogP contribution in [0, 0.1) is 5.92 Å². The highest BCUT2D eigenvalue weighted by atomic mass is 16.2. The summed E-state index contributed by atoms with van der Waals surface area (Å²) in [4.78, 5) is 43.1. The number of aryl methyl sites for hydroxylation is 1. The molecule has 1 aromatic rings. The number of unbranched alkanes of at least 4 members (excludes halogenated alkanes) is 1. The van der Waals surface area contributed by atoms with E-state index in [9.17, 15) is 14.4 Å². The Kier molecular flexibility index (Phi) is 6.65. The first-order valence-corrected chi connectivity index (χ1v) is 11.4. The van der Waals surface area contributed by atoms with Crippen LogP contribution in [-0.4, -0.2) is 52.3 Å². The molecule has 4 heterocycles. The lowest BCUT2D eigenvalue weighted by Gasteiger charge is -2.49. The Balaban J connectivity index is 1.25. The molecule has 2 N–H and O–H groups in total. The van der Waals surface area contributed by atoms with Gasteiger partial charge in [0.2, 0.25) is 17.7 Å². The Morgan fingerprint density at radius 1 is 1.20 bits per heavy atom. The molecule has 3 aliphatic heterocycles. The van der Waals surface area contributed by atoms with E-state index in [1.165, 1.54) is 5.56 Å². The normalized spacial score (nSPS) is 28.1. The number of fused-ring (bicyclic) bond motifs is 2. The van der Waals surface area contributed by atoms with Crippen molar-refractivity contribution in [2.24, 2.45) is 5.92 Å². The molecule has 0 aliphatic carbocycles. The average Bonchev–Trinajstić information content (AvgIpc) is 3.18. The van der Waals surface area contributed by atoms with E-state index < -0.39 is 0 Å². The largest absolute Gasteiger partial charge is 0.355 e. The Morgan fingerprint density at radius 2 is 2.00 bits per heavy atom. The standard InChI is InChI=1S/C23H32N4O3/c28-21-11-17(15-25-21)23(30)26-18-12-19-7-3-8-20(13-18)27(19)22(29)9-2-1-5-16-6-4-10-24-14-16/h4,6,10,14,17-20H,1-3,5,7-9,11-13,15H2,(H,25,28)(H,26,30)/t17?,18?,19-,20+. The minimum absolute atomic E-state index is 0.0217. The van der Waals surface area contributed by atoms with Crippen molar-refractivity contribution in [2.45, 2.75) is 82.3 Å². The lowest BCUT2D eigenvalue weighted by atomic mass is 9.81. The Morgan fingerprint density at radius 3 is 2.67 bits per heavy atom. The Bertz CT molecular complexity index is 755. The van der Waals surface area contributed by atoms with Crippen LogP contribution in [0.4, 0.5) is 0 Å². The highest BCUT2D eigenvalue weighted by Gasteiger charge is 2.41. The van der Waals surface area contributed by atoms with Crippen LogP contribution in [0.25, 0.3) is 0 Å². The fraction of sp³-hybridized carbons (Fsp3) is 0.652. The molecule has 4 rings (SSSR count). The summed E-state index contributed by atoms with van der Waals surface area (Å²) in [6.45, 7) is 0.438. The molecule has 3 aliphatic rings. The predicted octanol–water partition coefficient (Wildman–Crippen LogP) is 1.96. The summed E-state index contributed by atoms with van der Waals surface area (Å²) in [5, 5.41) is 5.89. The van der Waals surface area contributed by atoms with Crippen molar-refractivity contribution in [3.05, 3.63) is 30.1 Å². The van der Waals surface area contributed by atoms with Crippen LogP contribution in [0.15, 0.2) is 24.5 Å². The molecular weight excluding hydrogens is 380 g/mol. The van der Waals surface area contributed by atoms with E-state index in [0.29, 0.717) is 13.0 Å². The molecule has 0 saturated carbocycles. The summed E-state index contributed by atoms with van der Waals surface area (Å²) in [6, 6.07) is 4.61. The third kappa shape index (κ3) is 4.99. The van der Waals surface area contributed by atoms with E-state index >= 15 is 0 Å². The van der Waals surface area contributed by atoms with Crippen molar-refractivity contribution < 1.29 is 14.4 Å². The molecule has 3 fully saturated rings. The average molecular weight is 413 g/mol. The molecule has 7 heteroatoms. The van der Waals surface area contributed by atoms with Gasteiger partial charge in [-0.05, 0) is 63.0 Å². The van der Waals surface area contributed by atoms with E-state index in [2.05, 4.69) is 26.6 Å². The molecule has 162 valence electrons. The van der Waals surface area contributed by atoms with Gasteiger partial charge in [0, 0.05) is 49.9 Å². The SMILES string of the molecule is O=C1CC(C(=O)NC2C[C@H]3CCC[C@@H](C2)N3C(=O)CCCCc2cccnc2)CN1. The Labute approximate surface area is 178 Å². The molecule has 3 saturated heterocycles. The molecular formula is C23H32N4O3. The van der Waals surface area contributed by atoms with Crippen LogP contribution in [0.3, 0.4) is 0 Å². The first-order chi connectivity index (χ1) is 14.6. The molecule has 1 aromatic heterocycles.